The molecule has 0 spiro atoms. The highest BCUT2D eigenvalue weighted by molar-refractivity contribution is 7.89. The first kappa shape index (κ1) is 23.4. The second-order valence-electron chi connectivity index (χ2n) is 7.94. The molecule has 1 heterocycles. The Labute approximate surface area is 186 Å². The Balaban J connectivity index is 1.63. The van der Waals surface area contributed by atoms with Crippen LogP contribution < -0.4 is 5.32 Å². The molecular weight excluding hydrogens is 410 g/mol. The van der Waals surface area contributed by atoms with Crippen molar-refractivity contribution in [3.8, 4) is 0 Å². The number of hydrogen-bond donors (Lipinski definition) is 1. The van der Waals surface area contributed by atoms with Crippen molar-refractivity contribution in [3.63, 3.8) is 0 Å². The van der Waals surface area contributed by atoms with Gasteiger partial charge in [0.05, 0.1) is 4.90 Å². The molecule has 3 rings (SSSR count). The van der Waals surface area contributed by atoms with Gasteiger partial charge in [0, 0.05) is 19.6 Å². The van der Waals surface area contributed by atoms with Crippen molar-refractivity contribution < 1.29 is 13.2 Å². The largest absolute Gasteiger partial charge is 0.351 e. The minimum absolute atomic E-state index is 0.230. The fourth-order valence-corrected chi connectivity index (χ4v) is 5.63. The van der Waals surface area contributed by atoms with Gasteiger partial charge in [0.25, 0.3) is 0 Å². The first-order valence-corrected chi connectivity index (χ1v) is 12.5. The van der Waals surface area contributed by atoms with E-state index in [1.54, 1.807) is 30.3 Å². The molecule has 1 N–H and O–H groups in total. The van der Waals surface area contributed by atoms with E-state index in [1.807, 2.05) is 12.1 Å². The number of carbonyl (C=O) groups excluding carboxylic acids is 1. The molecule has 0 aromatic heterocycles. The van der Waals surface area contributed by atoms with E-state index in [-0.39, 0.29) is 10.8 Å². The van der Waals surface area contributed by atoms with Gasteiger partial charge < -0.3 is 5.32 Å². The average molecular weight is 444 g/mol. The molecule has 1 aliphatic heterocycles. The number of amides is 1. The molecule has 31 heavy (non-hydrogen) atoms. The number of rotatable bonds is 9. The van der Waals surface area contributed by atoms with Gasteiger partial charge in [0.1, 0.15) is 6.04 Å². The lowest BCUT2D eigenvalue weighted by atomic mass is 10.0. The Morgan fingerprint density at radius 1 is 1.00 bits per heavy atom. The van der Waals surface area contributed by atoms with Gasteiger partial charge in [0.2, 0.25) is 15.9 Å². The molecule has 1 fully saturated rings. The number of nitrogens with one attached hydrogen (secondary N) is 1. The van der Waals surface area contributed by atoms with Gasteiger partial charge in [-0.15, -0.1) is 0 Å². The standard InChI is InChI=1S/C24H33N3O3S/c1-3-26(4-2)19-21-15-13-20(14-16-21)18-25-24(28)23-12-8-9-17-27(23)31(29,30)22-10-6-5-7-11-22/h5-7,10-11,13-16,23H,3-4,8-9,12,17-19H2,1-2H3,(H,25,28). The minimum atomic E-state index is -3.69. The molecule has 6 nitrogen and oxygen atoms in total. The zero-order valence-corrected chi connectivity index (χ0v) is 19.3. The van der Waals surface area contributed by atoms with Crippen molar-refractivity contribution in [2.75, 3.05) is 19.6 Å². The highest BCUT2D eigenvalue weighted by atomic mass is 32.2. The van der Waals surface area contributed by atoms with E-state index in [4.69, 9.17) is 0 Å². The SMILES string of the molecule is CCN(CC)Cc1ccc(CNC(=O)C2CCCCN2S(=O)(=O)c2ccccc2)cc1. The number of nitrogens with zero attached hydrogens (tertiary/aromatic N) is 2. The van der Waals surface area contributed by atoms with E-state index in [9.17, 15) is 13.2 Å². The maximum absolute atomic E-state index is 13.1. The van der Waals surface area contributed by atoms with Crippen LogP contribution in [0.25, 0.3) is 0 Å². The van der Waals surface area contributed by atoms with Gasteiger partial charge in [-0.05, 0) is 49.2 Å². The number of hydrogen-bond acceptors (Lipinski definition) is 4. The number of carbonyl (C=O) groups is 1. The van der Waals surface area contributed by atoms with Crippen molar-refractivity contribution in [1.82, 2.24) is 14.5 Å². The van der Waals surface area contributed by atoms with E-state index < -0.39 is 16.1 Å². The Morgan fingerprint density at radius 3 is 2.29 bits per heavy atom. The molecule has 168 valence electrons. The summed E-state index contributed by atoms with van der Waals surface area (Å²) in [6.07, 6.45) is 2.16. The van der Waals surface area contributed by atoms with Crippen molar-refractivity contribution in [3.05, 3.63) is 65.7 Å². The average Bonchev–Trinajstić information content (AvgIpc) is 2.82. The highest BCUT2D eigenvalue weighted by Crippen LogP contribution is 2.25. The summed E-state index contributed by atoms with van der Waals surface area (Å²) in [5.74, 6) is -0.230. The normalized spacial score (nSPS) is 17.6. The zero-order valence-electron chi connectivity index (χ0n) is 18.5. The van der Waals surface area contributed by atoms with Crippen LogP contribution in [0.3, 0.4) is 0 Å². The maximum atomic E-state index is 13.1. The van der Waals surface area contributed by atoms with Crippen LogP contribution in [0.4, 0.5) is 0 Å². The lowest BCUT2D eigenvalue weighted by Crippen LogP contribution is -2.51. The maximum Gasteiger partial charge on any atom is 0.243 e. The molecule has 1 unspecified atom stereocenters. The van der Waals surface area contributed by atoms with E-state index in [0.29, 0.717) is 19.5 Å². The Hall–Kier alpha value is -2.22. The quantitative estimate of drug-likeness (QED) is 0.645. The van der Waals surface area contributed by atoms with Crippen molar-refractivity contribution >= 4 is 15.9 Å². The molecule has 0 radical (unpaired) electrons. The van der Waals surface area contributed by atoms with Crippen LogP contribution in [0.1, 0.15) is 44.2 Å². The summed E-state index contributed by atoms with van der Waals surface area (Å²) in [6, 6.07) is 15.9. The van der Waals surface area contributed by atoms with Crippen LogP contribution in [0.5, 0.6) is 0 Å². The van der Waals surface area contributed by atoms with Crippen LogP contribution in [0, 0.1) is 0 Å². The lowest BCUT2D eigenvalue weighted by molar-refractivity contribution is -0.125. The number of piperidine rings is 1. The molecular formula is C24H33N3O3S. The molecule has 0 saturated carbocycles. The summed E-state index contributed by atoms with van der Waals surface area (Å²) >= 11 is 0. The van der Waals surface area contributed by atoms with Gasteiger partial charge >= 0.3 is 0 Å². The predicted octanol–water partition coefficient (Wildman–Crippen LogP) is 3.39. The van der Waals surface area contributed by atoms with Gasteiger partial charge in [-0.3, -0.25) is 9.69 Å². The third-order valence-corrected chi connectivity index (χ3v) is 7.82. The fourth-order valence-electron chi connectivity index (χ4n) is 3.96. The molecule has 0 aliphatic carbocycles. The fraction of sp³-hybridized carbons (Fsp3) is 0.458. The Morgan fingerprint density at radius 2 is 1.65 bits per heavy atom. The second kappa shape index (κ2) is 10.9. The minimum Gasteiger partial charge on any atom is -0.351 e. The van der Waals surface area contributed by atoms with Gasteiger partial charge in [0.15, 0.2) is 0 Å². The van der Waals surface area contributed by atoms with Crippen LogP contribution in [-0.4, -0.2) is 49.2 Å². The monoisotopic (exact) mass is 443 g/mol. The summed E-state index contributed by atoms with van der Waals surface area (Å²) in [5, 5.41) is 2.95. The molecule has 1 saturated heterocycles. The molecule has 1 atom stereocenters. The van der Waals surface area contributed by atoms with Crippen LogP contribution >= 0.6 is 0 Å². The Kier molecular flexibility index (Phi) is 8.23. The summed E-state index contributed by atoms with van der Waals surface area (Å²) in [5.41, 5.74) is 2.25. The number of sulfonamides is 1. The Bertz CT molecular complexity index is 942. The van der Waals surface area contributed by atoms with E-state index in [0.717, 1.165) is 38.0 Å². The molecule has 2 aromatic carbocycles. The smallest absolute Gasteiger partial charge is 0.243 e. The van der Waals surface area contributed by atoms with Crippen LogP contribution in [-0.2, 0) is 27.9 Å². The topological polar surface area (TPSA) is 69.7 Å². The van der Waals surface area contributed by atoms with Crippen molar-refractivity contribution in [2.45, 2.75) is 57.1 Å². The summed E-state index contributed by atoms with van der Waals surface area (Å²) in [4.78, 5) is 15.5. The molecule has 2 aromatic rings. The summed E-state index contributed by atoms with van der Waals surface area (Å²) in [7, 11) is -3.69. The third kappa shape index (κ3) is 5.93. The zero-order chi connectivity index (χ0) is 22.3. The van der Waals surface area contributed by atoms with Gasteiger partial charge in [-0.2, -0.15) is 4.31 Å². The van der Waals surface area contributed by atoms with Crippen LogP contribution in [0.2, 0.25) is 0 Å². The summed E-state index contributed by atoms with van der Waals surface area (Å²) < 4.78 is 27.6. The molecule has 1 aliphatic rings. The first-order valence-electron chi connectivity index (χ1n) is 11.1. The summed E-state index contributed by atoms with van der Waals surface area (Å²) in [6.45, 7) is 8.00. The van der Waals surface area contributed by atoms with Gasteiger partial charge in [-0.25, -0.2) is 8.42 Å². The van der Waals surface area contributed by atoms with Gasteiger partial charge in [-0.1, -0.05) is 62.7 Å². The van der Waals surface area contributed by atoms with Crippen molar-refractivity contribution in [1.29, 1.82) is 0 Å². The molecule has 1 amide bonds. The molecule has 7 heteroatoms. The van der Waals surface area contributed by atoms with E-state index >= 15 is 0 Å². The second-order valence-corrected chi connectivity index (χ2v) is 9.83. The van der Waals surface area contributed by atoms with Crippen LogP contribution in [0.15, 0.2) is 59.5 Å². The molecule has 0 bridgehead atoms. The van der Waals surface area contributed by atoms with E-state index in [1.165, 1.54) is 9.87 Å². The predicted molar refractivity (Wildman–Crippen MR) is 123 cm³/mol. The first-order chi connectivity index (χ1) is 15.0. The van der Waals surface area contributed by atoms with E-state index in [2.05, 4.69) is 36.2 Å². The highest BCUT2D eigenvalue weighted by Gasteiger charge is 2.37. The number of benzene rings is 2. The third-order valence-electron chi connectivity index (χ3n) is 5.90. The lowest BCUT2D eigenvalue weighted by Gasteiger charge is -2.33. The van der Waals surface area contributed by atoms with Crippen molar-refractivity contribution in [2.24, 2.45) is 0 Å².